The van der Waals surface area contributed by atoms with Crippen LogP contribution in [0, 0.1) is 11.3 Å². The summed E-state index contributed by atoms with van der Waals surface area (Å²) in [7, 11) is 0. The van der Waals surface area contributed by atoms with E-state index in [-0.39, 0.29) is 0 Å². The monoisotopic (exact) mass is 146 g/mol. The van der Waals surface area contributed by atoms with Gasteiger partial charge in [0.25, 0.3) is 0 Å². The molecule has 5 heteroatoms. The van der Waals surface area contributed by atoms with Crippen LogP contribution in [0.3, 0.4) is 0 Å². The van der Waals surface area contributed by atoms with Gasteiger partial charge in [0, 0.05) is 0 Å². The summed E-state index contributed by atoms with van der Waals surface area (Å²) in [6, 6.07) is 1.55. The highest BCUT2D eigenvalue weighted by atomic mass is 32.2. The molecule has 0 N–H and O–H groups in total. The van der Waals surface area contributed by atoms with Gasteiger partial charge in [0.2, 0.25) is 0 Å². The second kappa shape index (κ2) is 4.21. The van der Waals surface area contributed by atoms with Gasteiger partial charge in [-0.2, -0.15) is 5.26 Å². The first-order valence-electron chi connectivity index (χ1n) is 1.99. The molecule has 0 aliphatic rings. The highest BCUT2D eigenvalue weighted by Gasteiger charge is 1.99. The predicted molar refractivity (Wildman–Crippen MR) is 29.6 cm³/mol. The lowest BCUT2D eigenvalue weighted by molar-refractivity contribution is 0.288. The normalized spacial score (nSPS) is 15.6. The van der Waals surface area contributed by atoms with E-state index in [2.05, 4.69) is 10.8 Å². The first-order chi connectivity index (χ1) is 4.20. The molecule has 0 aromatic heterocycles. The summed E-state index contributed by atoms with van der Waals surface area (Å²) in [5, 5.41) is 8.06. The SMILES string of the molecule is C=CC(C#N)OS(=O)[O-]. The Morgan fingerprint density at radius 3 is 2.67 bits per heavy atom. The van der Waals surface area contributed by atoms with Crippen molar-refractivity contribution in [2.24, 2.45) is 0 Å². The Labute approximate surface area is 55.2 Å². The second-order valence-electron chi connectivity index (χ2n) is 1.09. The highest BCUT2D eigenvalue weighted by Crippen LogP contribution is 1.91. The molecule has 0 saturated carbocycles. The van der Waals surface area contributed by atoms with E-state index in [0.717, 1.165) is 6.08 Å². The largest absolute Gasteiger partial charge is 0.750 e. The summed E-state index contributed by atoms with van der Waals surface area (Å²) < 4.78 is 23.4. The summed E-state index contributed by atoms with van der Waals surface area (Å²) >= 11 is -2.64. The van der Waals surface area contributed by atoms with Crippen molar-refractivity contribution in [3.8, 4) is 6.07 Å². The van der Waals surface area contributed by atoms with E-state index in [1.54, 1.807) is 6.07 Å². The van der Waals surface area contributed by atoms with Crippen LogP contribution in [0.1, 0.15) is 0 Å². The summed E-state index contributed by atoms with van der Waals surface area (Å²) in [6.07, 6.45) is 0.0267. The molecule has 0 spiro atoms. The lowest BCUT2D eigenvalue weighted by atomic mass is 10.4. The van der Waals surface area contributed by atoms with E-state index < -0.39 is 17.5 Å². The zero-order valence-electron chi connectivity index (χ0n) is 4.44. The number of hydrogen-bond acceptors (Lipinski definition) is 4. The van der Waals surface area contributed by atoms with Crippen LogP contribution in [-0.2, 0) is 15.5 Å². The van der Waals surface area contributed by atoms with Crippen molar-refractivity contribution in [2.75, 3.05) is 0 Å². The Bertz CT molecular complexity index is 162. The van der Waals surface area contributed by atoms with Gasteiger partial charge in [0.1, 0.15) is 0 Å². The van der Waals surface area contributed by atoms with Crippen LogP contribution in [-0.4, -0.2) is 14.9 Å². The molecule has 50 valence electrons. The Morgan fingerprint density at radius 1 is 2.00 bits per heavy atom. The van der Waals surface area contributed by atoms with Gasteiger partial charge in [-0.3, -0.25) is 4.18 Å². The minimum atomic E-state index is -2.64. The smallest absolute Gasteiger partial charge is 0.177 e. The molecule has 0 heterocycles. The van der Waals surface area contributed by atoms with Gasteiger partial charge in [-0.15, -0.1) is 0 Å². The number of rotatable bonds is 3. The average molecular weight is 146 g/mol. The third-order valence-corrected chi connectivity index (χ3v) is 0.888. The van der Waals surface area contributed by atoms with E-state index in [1.807, 2.05) is 0 Å². The fraction of sp³-hybridized carbons (Fsp3) is 0.250. The molecule has 0 saturated heterocycles. The highest BCUT2D eigenvalue weighted by molar-refractivity contribution is 7.74. The quantitative estimate of drug-likeness (QED) is 0.411. The Morgan fingerprint density at radius 2 is 2.56 bits per heavy atom. The predicted octanol–water partition coefficient (Wildman–Crippen LogP) is -0.125. The minimum absolute atomic E-state index is 1.07. The zero-order chi connectivity index (χ0) is 7.28. The maximum Gasteiger partial charge on any atom is 0.177 e. The molecule has 0 aromatic carbocycles. The average Bonchev–Trinajstić information content (AvgIpc) is 1.82. The van der Waals surface area contributed by atoms with Crippen LogP contribution in [0.4, 0.5) is 0 Å². The van der Waals surface area contributed by atoms with Gasteiger partial charge in [-0.05, 0) is 6.08 Å². The van der Waals surface area contributed by atoms with Gasteiger partial charge >= 0.3 is 0 Å². The van der Waals surface area contributed by atoms with E-state index >= 15 is 0 Å². The van der Waals surface area contributed by atoms with E-state index in [4.69, 9.17) is 5.26 Å². The topological polar surface area (TPSA) is 73.1 Å². The van der Waals surface area contributed by atoms with Crippen LogP contribution in [0.15, 0.2) is 12.7 Å². The molecular formula is C4H4NO3S-. The first kappa shape index (κ1) is 8.30. The fourth-order valence-corrected chi connectivity index (χ4v) is 0.489. The third kappa shape index (κ3) is 3.85. The van der Waals surface area contributed by atoms with Gasteiger partial charge in [-0.1, -0.05) is 6.58 Å². The molecule has 4 nitrogen and oxygen atoms in total. The molecule has 0 radical (unpaired) electrons. The van der Waals surface area contributed by atoms with Gasteiger partial charge in [-0.25, -0.2) is 4.21 Å². The summed E-state index contributed by atoms with van der Waals surface area (Å²) in [4.78, 5) is 0. The molecule has 0 aliphatic carbocycles. The molecule has 0 amide bonds. The Hall–Kier alpha value is -0.700. The van der Waals surface area contributed by atoms with Crippen LogP contribution in [0.5, 0.6) is 0 Å². The Balaban J connectivity index is 3.73. The van der Waals surface area contributed by atoms with E-state index in [1.165, 1.54) is 0 Å². The van der Waals surface area contributed by atoms with Crippen molar-refractivity contribution in [3.63, 3.8) is 0 Å². The standard InChI is InChI=1S/C4H5NO3S/c1-2-4(3-5)8-9(6)7/h2,4H,1H2,(H,6,7)/p-1. The zero-order valence-corrected chi connectivity index (χ0v) is 5.26. The maximum absolute atomic E-state index is 9.71. The van der Waals surface area contributed by atoms with Crippen LogP contribution < -0.4 is 0 Å². The Kier molecular flexibility index (Phi) is 3.88. The van der Waals surface area contributed by atoms with Gasteiger partial charge in [0.15, 0.2) is 6.10 Å². The molecule has 0 rings (SSSR count). The van der Waals surface area contributed by atoms with E-state index in [0.29, 0.717) is 0 Å². The molecule has 0 aromatic rings. The lowest BCUT2D eigenvalue weighted by Crippen LogP contribution is -2.07. The van der Waals surface area contributed by atoms with Crippen LogP contribution >= 0.6 is 0 Å². The number of nitrogens with zero attached hydrogens (tertiary/aromatic N) is 1. The molecule has 0 fully saturated rings. The maximum atomic E-state index is 9.71. The van der Waals surface area contributed by atoms with Crippen LogP contribution in [0.25, 0.3) is 0 Å². The first-order valence-corrected chi connectivity index (χ1v) is 2.99. The van der Waals surface area contributed by atoms with E-state index in [9.17, 15) is 8.76 Å². The molecule has 0 bridgehead atoms. The summed E-state index contributed by atoms with van der Waals surface area (Å²) in [6.45, 7) is 3.16. The van der Waals surface area contributed by atoms with Crippen molar-refractivity contribution in [3.05, 3.63) is 12.7 Å². The number of hydrogen-bond donors (Lipinski definition) is 0. The summed E-state index contributed by atoms with van der Waals surface area (Å²) in [5.41, 5.74) is 0. The molecule has 0 aliphatic heterocycles. The minimum Gasteiger partial charge on any atom is -0.750 e. The van der Waals surface area contributed by atoms with Gasteiger partial charge < -0.3 is 4.55 Å². The van der Waals surface area contributed by atoms with Crippen molar-refractivity contribution in [1.82, 2.24) is 0 Å². The van der Waals surface area contributed by atoms with Crippen molar-refractivity contribution < 1.29 is 12.9 Å². The van der Waals surface area contributed by atoms with Crippen molar-refractivity contribution in [2.45, 2.75) is 6.10 Å². The fourth-order valence-electron chi connectivity index (χ4n) is 0.198. The van der Waals surface area contributed by atoms with Crippen molar-refractivity contribution in [1.29, 1.82) is 5.26 Å². The third-order valence-electron chi connectivity index (χ3n) is 0.524. The molecular weight excluding hydrogens is 142 g/mol. The lowest BCUT2D eigenvalue weighted by Gasteiger charge is -2.05. The second-order valence-corrected chi connectivity index (χ2v) is 1.69. The van der Waals surface area contributed by atoms with Crippen molar-refractivity contribution >= 4 is 11.4 Å². The molecule has 9 heavy (non-hydrogen) atoms. The molecule has 2 unspecified atom stereocenters. The number of nitriles is 1. The summed E-state index contributed by atoms with van der Waals surface area (Å²) in [5.74, 6) is 0. The van der Waals surface area contributed by atoms with Crippen LogP contribution in [0.2, 0.25) is 0 Å². The van der Waals surface area contributed by atoms with Gasteiger partial charge in [0.05, 0.1) is 17.4 Å². The molecule has 2 atom stereocenters.